The van der Waals surface area contributed by atoms with Crippen LogP contribution in [-0.4, -0.2) is 29.3 Å². The number of hydrogen-bond donors (Lipinski definition) is 1. The first-order chi connectivity index (χ1) is 16.3. The summed E-state index contributed by atoms with van der Waals surface area (Å²) in [5, 5.41) is 2.98. The summed E-state index contributed by atoms with van der Waals surface area (Å²) < 4.78 is 14.6. The highest BCUT2D eigenvalue weighted by Gasteiger charge is 2.31. The number of nitrogens with zero attached hydrogens (tertiary/aromatic N) is 1. The zero-order valence-corrected chi connectivity index (χ0v) is 20.1. The molecule has 1 unspecified atom stereocenters. The fourth-order valence-corrected chi connectivity index (χ4v) is 3.88. The fourth-order valence-electron chi connectivity index (χ4n) is 3.88. The van der Waals surface area contributed by atoms with Gasteiger partial charge in [-0.2, -0.15) is 0 Å². The molecule has 2 amide bonds. The quantitative estimate of drug-likeness (QED) is 0.458. The van der Waals surface area contributed by atoms with E-state index in [2.05, 4.69) is 5.32 Å². The molecule has 0 aliphatic carbocycles. The Morgan fingerprint density at radius 3 is 2.26 bits per heavy atom. The van der Waals surface area contributed by atoms with Crippen LogP contribution in [0, 0.1) is 18.7 Å². The second kappa shape index (κ2) is 12.1. The number of amides is 2. The van der Waals surface area contributed by atoms with Gasteiger partial charge in [0.2, 0.25) is 11.8 Å². The third-order valence-corrected chi connectivity index (χ3v) is 5.69. The van der Waals surface area contributed by atoms with Gasteiger partial charge in [0.15, 0.2) is 0 Å². The molecule has 0 heterocycles. The van der Waals surface area contributed by atoms with E-state index in [1.165, 1.54) is 11.0 Å². The molecular formula is C29H33FN2O2. The van der Waals surface area contributed by atoms with Crippen molar-refractivity contribution < 1.29 is 14.0 Å². The van der Waals surface area contributed by atoms with Gasteiger partial charge in [-0.15, -0.1) is 0 Å². The topological polar surface area (TPSA) is 49.4 Å². The van der Waals surface area contributed by atoms with Crippen molar-refractivity contribution >= 4 is 11.8 Å². The maximum absolute atomic E-state index is 14.6. The number of halogens is 1. The normalized spacial score (nSPS) is 11.8. The Morgan fingerprint density at radius 1 is 0.912 bits per heavy atom. The highest BCUT2D eigenvalue weighted by Crippen LogP contribution is 2.18. The van der Waals surface area contributed by atoms with Gasteiger partial charge in [-0.25, -0.2) is 4.39 Å². The van der Waals surface area contributed by atoms with Crippen molar-refractivity contribution in [2.24, 2.45) is 5.92 Å². The third-order valence-electron chi connectivity index (χ3n) is 5.69. The molecule has 0 radical (unpaired) electrons. The van der Waals surface area contributed by atoms with E-state index < -0.39 is 11.9 Å². The summed E-state index contributed by atoms with van der Waals surface area (Å²) in [6, 6.07) is 23.0. The van der Waals surface area contributed by atoms with Gasteiger partial charge in [0, 0.05) is 25.1 Å². The highest BCUT2D eigenvalue weighted by atomic mass is 19.1. The van der Waals surface area contributed by atoms with E-state index in [4.69, 9.17) is 0 Å². The van der Waals surface area contributed by atoms with Crippen molar-refractivity contribution in [2.45, 2.75) is 46.2 Å². The molecule has 4 nitrogen and oxygen atoms in total. The maximum Gasteiger partial charge on any atom is 0.243 e. The molecule has 0 aliphatic heterocycles. The summed E-state index contributed by atoms with van der Waals surface area (Å²) in [6.45, 7) is 6.54. The Morgan fingerprint density at radius 2 is 1.59 bits per heavy atom. The van der Waals surface area contributed by atoms with Gasteiger partial charge in [0.05, 0.1) is 6.42 Å². The summed E-state index contributed by atoms with van der Waals surface area (Å²) in [4.78, 5) is 28.5. The minimum atomic E-state index is -0.766. The molecule has 3 aromatic carbocycles. The van der Waals surface area contributed by atoms with Gasteiger partial charge < -0.3 is 10.2 Å². The molecule has 0 spiro atoms. The second-order valence-electron chi connectivity index (χ2n) is 9.12. The van der Waals surface area contributed by atoms with Crippen molar-refractivity contribution in [2.75, 3.05) is 6.54 Å². The van der Waals surface area contributed by atoms with Gasteiger partial charge in [-0.05, 0) is 30.0 Å². The Kier molecular flexibility index (Phi) is 8.97. The molecule has 0 fully saturated rings. The number of carbonyl (C=O) groups is 2. The van der Waals surface area contributed by atoms with Crippen molar-refractivity contribution in [3.63, 3.8) is 0 Å². The number of carbonyl (C=O) groups excluding carboxylic acids is 2. The van der Waals surface area contributed by atoms with E-state index in [1.807, 2.05) is 75.4 Å². The van der Waals surface area contributed by atoms with E-state index in [0.717, 1.165) is 16.7 Å². The Balaban J connectivity index is 1.97. The van der Waals surface area contributed by atoms with Crippen LogP contribution in [0.25, 0.3) is 0 Å². The molecule has 34 heavy (non-hydrogen) atoms. The average Bonchev–Trinajstić information content (AvgIpc) is 2.81. The number of rotatable bonds is 10. The molecule has 1 N–H and O–H groups in total. The minimum Gasteiger partial charge on any atom is -0.354 e. The third kappa shape index (κ3) is 7.27. The Hall–Kier alpha value is -3.47. The molecule has 0 saturated heterocycles. The SMILES string of the molecule is Cc1cccc(CC(=O)N(Cc2ccccc2F)C(Cc2ccccc2)C(=O)NCC(C)C)c1. The van der Waals surface area contributed by atoms with Gasteiger partial charge >= 0.3 is 0 Å². The summed E-state index contributed by atoms with van der Waals surface area (Å²) >= 11 is 0. The first kappa shape index (κ1) is 25.2. The van der Waals surface area contributed by atoms with Crippen LogP contribution in [0.4, 0.5) is 4.39 Å². The zero-order valence-electron chi connectivity index (χ0n) is 20.1. The van der Waals surface area contributed by atoms with Crippen LogP contribution < -0.4 is 5.32 Å². The van der Waals surface area contributed by atoms with Crippen molar-refractivity contribution in [1.82, 2.24) is 10.2 Å². The number of aryl methyl sites for hydroxylation is 1. The molecule has 3 rings (SSSR count). The van der Waals surface area contributed by atoms with Crippen molar-refractivity contribution in [3.05, 3.63) is 107 Å². The predicted octanol–water partition coefficient (Wildman–Crippen LogP) is 5.09. The monoisotopic (exact) mass is 460 g/mol. The minimum absolute atomic E-state index is 0.0178. The first-order valence-corrected chi connectivity index (χ1v) is 11.7. The van der Waals surface area contributed by atoms with Crippen LogP contribution in [0.2, 0.25) is 0 Å². The molecular weight excluding hydrogens is 427 g/mol. The van der Waals surface area contributed by atoms with Crippen LogP contribution in [0.3, 0.4) is 0 Å². The summed E-state index contributed by atoms with van der Waals surface area (Å²) in [5.41, 5.74) is 3.25. The van der Waals surface area contributed by atoms with Gasteiger partial charge in [-0.3, -0.25) is 9.59 Å². The molecule has 1 atom stereocenters. The average molecular weight is 461 g/mol. The molecule has 0 saturated carbocycles. The molecule has 5 heteroatoms. The van der Waals surface area contributed by atoms with Gasteiger partial charge in [-0.1, -0.05) is 92.2 Å². The van der Waals surface area contributed by atoms with Crippen molar-refractivity contribution in [3.8, 4) is 0 Å². The molecule has 0 aliphatic rings. The Labute approximate surface area is 201 Å². The van der Waals surface area contributed by atoms with Crippen LogP contribution in [0.1, 0.15) is 36.1 Å². The van der Waals surface area contributed by atoms with Gasteiger partial charge in [0.25, 0.3) is 0 Å². The summed E-state index contributed by atoms with van der Waals surface area (Å²) in [7, 11) is 0. The van der Waals surface area contributed by atoms with E-state index in [0.29, 0.717) is 18.5 Å². The lowest BCUT2D eigenvalue weighted by atomic mass is 10.0. The lowest BCUT2D eigenvalue weighted by molar-refractivity contribution is -0.140. The summed E-state index contributed by atoms with van der Waals surface area (Å²) in [5.74, 6) is -0.567. The van der Waals surface area contributed by atoms with Gasteiger partial charge in [0.1, 0.15) is 11.9 Å². The molecule has 3 aromatic rings. The highest BCUT2D eigenvalue weighted by molar-refractivity contribution is 5.88. The van der Waals surface area contributed by atoms with E-state index >= 15 is 0 Å². The Bertz CT molecular complexity index is 1100. The second-order valence-corrected chi connectivity index (χ2v) is 9.12. The molecule has 0 bridgehead atoms. The smallest absolute Gasteiger partial charge is 0.243 e. The lowest BCUT2D eigenvalue weighted by Gasteiger charge is -2.32. The van der Waals surface area contributed by atoms with Crippen LogP contribution in [0.5, 0.6) is 0 Å². The molecule has 178 valence electrons. The fraction of sp³-hybridized carbons (Fsp3) is 0.310. The lowest BCUT2D eigenvalue weighted by Crippen LogP contribution is -2.51. The van der Waals surface area contributed by atoms with Crippen LogP contribution in [-0.2, 0) is 29.0 Å². The number of benzene rings is 3. The number of hydrogen-bond acceptors (Lipinski definition) is 2. The molecule has 0 aromatic heterocycles. The number of nitrogens with one attached hydrogen (secondary N) is 1. The van der Waals surface area contributed by atoms with Crippen LogP contribution in [0.15, 0.2) is 78.9 Å². The zero-order chi connectivity index (χ0) is 24.5. The maximum atomic E-state index is 14.6. The standard InChI is InChI=1S/C29H33FN2O2/c1-21(2)19-31-29(34)27(17-23-11-5-4-6-12-23)32(20-25-14-7-8-15-26(25)30)28(33)18-24-13-9-10-22(3)16-24/h4-16,21,27H,17-20H2,1-3H3,(H,31,34). The van der Waals surface area contributed by atoms with Crippen LogP contribution >= 0.6 is 0 Å². The summed E-state index contributed by atoms with van der Waals surface area (Å²) in [6.07, 6.45) is 0.484. The first-order valence-electron chi connectivity index (χ1n) is 11.7. The van der Waals surface area contributed by atoms with E-state index in [1.54, 1.807) is 18.2 Å². The predicted molar refractivity (Wildman–Crippen MR) is 134 cm³/mol. The largest absolute Gasteiger partial charge is 0.354 e. The van der Waals surface area contributed by atoms with E-state index in [9.17, 15) is 14.0 Å². The van der Waals surface area contributed by atoms with E-state index in [-0.39, 0.29) is 30.7 Å². The van der Waals surface area contributed by atoms with Crippen molar-refractivity contribution in [1.29, 1.82) is 0 Å².